The van der Waals surface area contributed by atoms with Gasteiger partial charge in [-0.05, 0) is 30.2 Å². The van der Waals surface area contributed by atoms with E-state index in [4.69, 9.17) is 4.74 Å². The van der Waals surface area contributed by atoms with Crippen molar-refractivity contribution in [3.63, 3.8) is 0 Å². The number of amides is 1. The highest BCUT2D eigenvalue weighted by Gasteiger charge is 2.07. The fourth-order valence-electron chi connectivity index (χ4n) is 2.06. The topological polar surface area (TPSA) is 51.2 Å². The zero-order valence-corrected chi connectivity index (χ0v) is 14.1. The average molecular weight is 318 g/mol. The number of hydrogen-bond acceptors (Lipinski definition) is 4. The maximum Gasteiger partial charge on any atom is 0.220 e. The molecule has 0 unspecified atom stereocenters. The molecular weight excluding hydrogens is 296 g/mol. The Labute approximate surface area is 135 Å². The van der Waals surface area contributed by atoms with E-state index >= 15 is 0 Å². The van der Waals surface area contributed by atoms with Crippen LogP contribution in [0.3, 0.4) is 0 Å². The van der Waals surface area contributed by atoms with Gasteiger partial charge in [0, 0.05) is 30.3 Å². The Morgan fingerprint density at radius 1 is 1.32 bits per heavy atom. The van der Waals surface area contributed by atoms with Crippen LogP contribution in [-0.2, 0) is 11.2 Å². The Bertz CT molecular complexity index is 605. The Morgan fingerprint density at radius 2 is 2.05 bits per heavy atom. The van der Waals surface area contributed by atoms with Gasteiger partial charge in [0.2, 0.25) is 5.91 Å². The van der Waals surface area contributed by atoms with Gasteiger partial charge in [0.05, 0.1) is 12.8 Å². The molecule has 0 spiro atoms. The number of nitrogens with one attached hydrogen (secondary N) is 1. The molecule has 22 heavy (non-hydrogen) atoms. The number of nitrogens with zero attached hydrogens (tertiary/aromatic N) is 1. The van der Waals surface area contributed by atoms with Gasteiger partial charge in [0.15, 0.2) is 0 Å². The fourth-order valence-corrected chi connectivity index (χ4v) is 2.92. The van der Waals surface area contributed by atoms with Gasteiger partial charge >= 0.3 is 0 Å². The van der Waals surface area contributed by atoms with Gasteiger partial charge in [-0.25, -0.2) is 4.98 Å². The van der Waals surface area contributed by atoms with Crippen molar-refractivity contribution in [3.8, 4) is 16.3 Å². The monoisotopic (exact) mass is 318 g/mol. The molecule has 0 radical (unpaired) electrons. The largest absolute Gasteiger partial charge is 0.497 e. The molecule has 1 aromatic carbocycles. The Kier molecular flexibility index (Phi) is 5.95. The highest BCUT2D eigenvalue weighted by atomic mass is 32.1. The number of thiazole rings is 1. The number of hydrogen-bond donors (Lipinski definition) is 1. The van der Waals surface area contributed by atoms with Crippen LogP contribution in [0, 0.1) is 5.92 Å². The quantitative estimate of drug-likeness (QED) is 0.850. The van der Waals surface area contributed by atoms with Gasteiger partial charge in [0.1, 0.15) is 10.8 Å². The van der Waals surface area contributed by atoms with Crippen LogP contribution in [0.25, 0.3) is 10.6 Å². The smallest absolute Gasteiger partial charge is 0.220 e. The number of ether oxygens (including phenoxy) is 1. The molecule has 1 heterocycles. The third-order valence-corrected chi connectivity index (χ3v) is 4.13. The SMILES string of the molecule is COc1ccc(-c2nc(CCNC(=O)CC(C)C)cs2)cc1. The van der Waals surface area contributed by atoms with Crippen molar-refractivity contribution in [2.75, 3.05) is 13.7 Å². The van der Waals surface area contributed by atoms with Crippen molar-refractivity contribution in [1.29, 1.82) is 0 Å². The number of rotatable bonds is 7. The molecule has 0 aliphatic rings. The van der Waals surface area contributed by atoms with Crippen LogP contribution in [0.1, 0.15) is 26.0 Å². The molecular formula is C17H22N2O2S. The summed E-state index contributed by atoms with van der Waals surface area (Å²) in [5.74, 6) is 1.34. The highest BCUT2D eigenvalue weighted by Crippen LogP contribution is 2.25. The molecule has 0 saturated carbocycles. The molecule has 118 valence electrons. The lowest BCUT2D eigenvalue weighted by atomic mass is 10.1. The van der Waals surface area contributed by atoms with E-state index in [1.807, 2.05) is 43.5 Å². The van der Waals surface area contributed by atoms with Crippen molar-refractivity contribution >= 4 is 17.2 Å². The van der Waals surface area contributed by atoms with Crippen LogP contribution < -0.4 is 10.1 Å². The Morgan fingerprint density at radius 3 is 2.68 bits per heavy atom. The van der Waals surface area contributed by atoms with Crippen molar-refractivity contribution < 1.29 is 9.53 Å². The van der Waals surface area contributed by atoms with E-state index in [9.17, 15) is 4.79 Å². The zero-order chi connectivity index (χ0) is 15.9. The lowest BCUT2D eigenvalue weighted by Gasteiger charge is -2.05. The highest BCUT2D eigenvalue weighted by molar-refractivity contribution is 7.13. The molecule has 1 amide bonds. The summed E-state index contributed by atoms with van der Waals surface area (Å²) in [6.07, 6.45) is 1.34. The van der Waals surface area contributed by atoms with Crippen molar-refractivity contribution in [3.05, 3.63) is 35.3 Å². The molecule has 2 rings (SSSR count). The first-order valence-corrected chi connectivity index (χ1v) is 8.32. The van der Waals surface area contributed by atoms with Gasteiger partial charge in [-0.3, -0.25) is 4.79 Å². The van der Waals surface area contributed by atoms with Crippen LogP contribution >= 0.6 is 11.3 Å². The van der Waals surface area contributed by atoms with E-state index in [1.54, 1.807) is 18.4 Å². The van der Waals surface area contributed by atoms with Crippen molar-refractivity contribution in [2.45, 2.75) is 26.7 Å². The number of methoxy groups -OCH3 is 1. The number of benzene rings is 1. The molecule has 5 heteroatoms. The van der Waals surface area contributed by atoms with Crippen LogP contribution in [-0.4, -0.2) is 24.5 Å². The second kappa shape index (κ2) is 7.94. The van der Waals surface area contributed by atoms with Gasteiger partial charge in [-0.15, -0.1) is 11.3 Å². The van der Waals surface area contributed by atoms with Gasteiger partial charge in [-0.1, -0.05) is 13.8 Å². The van der Waals surface area contributed by atoms with E-state index in [0.717, 1.165) is 28.4 Å². The molecule has 1 aromatic heterocycles. The van der Waals surface area contributed by atoms with Gasteiger partial charge in [-0.2, -0.15) is 0 Å². The standard InChI is InChI=1S/C17H22N2O2S/c1-12(2)10-16(20)18-9-8-14-11-22-17(19-14)13-4-6-15(21-3)7-5-13/h4-7,11-12H,8-10H2,1-3H3,(H,18,20). The predicted molar refractivity (Wildman–Crippen MR) is 90.3 cm³/mol. The summed E-state index contributed by atoms with van der Waals surface area (Å²) in [5, 5.41) is 5.98. The molecule has 0 fully saturated rings. The van der Waals surface area contributed by atoms with Crippen molar-refractivity contribution in [1.82, 2.24) is 10.3 Å². The third-order valence-electron chi connectivity index (χ3n) is 3.19. The predicted octanol–water partition coefficient (Wildman–Crippen LogP) is 3.52. The second-order valence-electron chi connectivity index (χ2n) is 5.57. The van der Waals surface area contributed by atoms with E-state index in [0.29, 0.717) is 18.9 Å². The van der Waals surface area contributed by atoms with Gasteiger partial charge in [0.25, 0.3) is 0 Å². The molecule has 4 nitrogen and oxygen atoms in total. The first kappa shape index (κ1) is 16.5. The summed E-state index contributed by atoms with van der Waals surface area (Å²) >= 11 is 1.62. The minimum absolute atomic E-state index is 0.112. The fraction of sp³-hybridized carbons (Fsp3) is 0.412. The molecule has 2 aromatic rings. The maximum absolute atomic E-state index is 11.6. The second-order valence-corrected chi connectivity index (χ2v) is 6.43. The lowest BCUT2D eigenvalue weighted by Crippen LogP contribution is -2.26. The van der Waals surface area contributed by atoms with E-state index in [2.05, 4.69) is 10.3 Å². The lowest BCUT2D eigenvalue weighted by molar-refractivity contribution is -0.121. The first-order chi connectivity index (χ1) is 10.6. The number of carbonyl (C=O) groups is 1. The molecule has 0 aliphatic heterocycles. The molecule has 0 aliphatic carbocycles. The normalized spacial score (nSPS) is 10.7. The summed E-state index contributed by atoms with van der Waals surface area (Å²) in [6.45, 7) is 4.72. The molecule has 0 saturated heterocycles. The summed E-state index contributed by atoms with van der Waals surface area (Å²) < 4.78 is 5.16. The average Bonchev–Trinajstić information content (AvgIpc) is 2.95. The summed E-state index contributed by atoms with van der Waals surface area (Å²) in [6, 6.07) is 7.88. The van der Waals surface area contributed by atoms with E-state index < -0.39 is 0 Å². The summed E-state index contributed by atoms with van der Waals surface area (Å²) in [5.41, 5.74) is 2.10. The van der Waals surface area contributed by atoms with Crippen LogP contribution in [0.4, 0.5) is 0 Å². The first-order valence-electron chi connectivity index (χ1n) is 7.44. The van der Waals surface area contributed by atoms with Crippen LogP contribution in [0.5, 0.6) is 5.75 Å². The van der Waals surface area contributed by atoms with E-state index in [1.165, 1.54) is 0 Å². The van der Waals surface area contributed by atoms with E-state index in [-0.39, 0.29) is 5.91 Å². The minimum atomic E-state index is 0.112. The van der Waals surface area contributed by atoms with Crippen molar-refractivity contribution in [2.24, 2.45) is 5.92 Å². The molecule has 0 bridgehead atoms. The van der Waals surface area contributed by atoms with Gasteiger partial charge < -0.3 is 10.1 Å². The molecule has 0 atom stereocenters. The summed E-state index contributed by atoms with van der Waals surface area (Å²) in [4.78, 5) is 16.2. The number of aromatic nitrogens is 1. The zero-order valence-electron chi connectivity index (χ0n) is 13.3. The molecule has 1 N–H and O–H groups in total. The Balaban J connectivity index is 1.87. The minimum Gasteiger partial charge on any atom is -0.497 e. The maximum atomic E-state index is 11.6. The van der Waals surface area contributed by atoms with Crippen LogP contribution in [0.2, 0.25) is 0 Å². The summed E-state index contributed by atoms with van der Waals surface area (Å²) in [7, 11) is 1.66. The Hall–Kier alpha value is -1.88. The van der Waals surface area contributed by atoms with Crippen LogP contribution in [0.15, 0.2) is 29.6 Å². The number of carbonyl (C=O) groups excluding carboxylic acids is 1. The third kappa shape index (κ3) is 4.84.